The summed E-state index contributed by atoms with van der Waals surface area (Å²) in [5.74, 6) is 0.914. The van der Waals surface area contributed by atoms with Crippen LogP contribution in [0.25, 0.3) is 11.3 Å². The van der Waals surface area contributed by atoms with E-state index < -0.39 is 11.7 Å². The predicted octanol–water partition coefficient (Wildman–Crippen LogP) is 3.71. The molecule has 2 heterocycles. The van der Waals surface area contributed by atoms with E-state index in [0.717, 1.165) is 17.5 Å². The Kier molecular flexibility index (Phi) is 6.36. The highest BCUT2D eigenvalue weighted by Crippen LogP contribution is 2.29. The van der Waals surface area contributed by atoms with Crippen molar-refractivity contribution < 1.29 is 14.3 Å². The third kappa shape index (κ3) is 5.15. The number of aldehydes is 1. The Labute approximate surface area is 160 Å². The van der Waals surface area contributed by atoms with E-state index in [1.165, 1.54) is 0 Å². The zero-order chi connectivity index (χ0) is 20.2. The Morgan fingerprint density at radius 1 is 1.37 bits per heavy atom. The number of carbonyl (C=O) groups is 2. The third-order valence-electron chi connectivity index (χ3n) is 3.95. The van der Waals surface area contributed by atoms with Crippen LogP contribution < -0.4 is 5.32 Å². The molecule has 2 rings (SSSR count). The molecule has 0 saturated carbocycles. The maximum Gasteiger partial charge on any atom is 0.407 e. The Bertz CT molecular complexity index is 819. The van der Waals surface area contributed by atoms with Gasteiger partial charge in [0, 0.05) is 24.8 Å². The molecule has 0 saturated heterocycles. The molecule has 7 nitrogen and oxygen atoms in total. The van der Waals surface area contributed by atoms with E-state index in [-0.39, 0.29) is 5.92 Å². The molecular weight excluding hydrogens is 344 g/mol. The fourth-order valence-corrected chi connectivity index (χ4v) is 2.84. The largest absolute Gasteiger partial charge is 0.444 e. The molecule has 0 aliphatic rings. The number of imidazole rings is 1. The van der Waals surface area contributed by atoms with E-state index >= 15 is 0 Å². The van der Waals surface area contributed by atoms with Crippen molar-refractivity contribution in [2.45, 2.75) is 59.6 Å². The number of nitrogens with zero attached hydrogens (tertiary/aromatic N) is 3. The quantitative estimate of drug-likeness (QED) is 0.781. The molecule has 0 atom stereocenters. The van der Waals surface area contributed by atoms with Gasteiger partial charge >= 0.3 is 6.09 Å². The first-order chi connectivity index (χ1) is 12.6. The molecular formula is C20H28N4O3. The second kappa shape index (κ2) is 8.33. The highest BCUT2D eigenvalue weighted by molar-refractivity contribution is 5.85. The number of rotatable bonds is 6. The smallest absolute Gasteiger partial charge is 0.407 e. The normalized spacial score (nSPS) is 11.5. The van der Waals surface area contributed by atoms with Crippen LogP contribution in [-0.2, 0) is 11.3 Å². The van der Waals surface area contributed by atoms with Crippen LogP contribution in [0.5, 0.6) is 0 Å². The first-order valence-corrected chi connectivity index (χ1v) is 9.08. The summed E-state index contributed by atoms with van der Waals surface area (Å²) in [6.45, 7) is 12.1. The summed E-state index contributed by atoms with van der Waals surface area (Å²) in [6.07, 6.45) is 2.07. The van der Waals surface area contributed by atoms with E-state index in [1.54, 1.807) is 10.8 Å². The van der Waals surface area contributed by atoms with Gasteiger partial charge in [-0.05, 0) is 45.7 Å². The number of ether oxygens (including phenoxy) is 1. The van der Waals surface area contributed by atoms with Gasteiger partial charge in [0.1, 0.15) is 22.8 Å². The second-order valence-electron chi connectivity index (χ2n) is 7.68. The van der Waals surface area contributed by atoms with Crippen LogP contribution in [0.4, 0.5) is 4.79 Å². The molecule has 27 heavy (non-hydrogen) atoms. The number of amides is 1. The van der Waals surface area contributed by atoms with Crippen LogP contribution in [0.2, 0.25) is 0 Å². The average molecular weight is 372 g/mol. The summed E-state index contributed by atoms with van der Waals surface area (Å²) in [5.41, 5.74) is 2.31. The van der Waals surface area contributed by atoms with Gasteiger partial charge in [0.2, 0.25) is 0 Å². The highest BCUT2D eigenvalue weighted by atomic mass is 16.6. The van der Waals surface area contributed by atoms with Gasteiger partial charge in [0.05, 0.1) is 5.69 Å². The number of carbonyl (C=O) groups excluding carboxylic acids is 2. The summed E-state index contributed by atoms with van der Waals surface area (Å²) in [5, 5.41) is 2.71. The van der Waals surface area contributed by atoms with Gasteiger partial charge < -0.3 is 14.6 Å². The van der Waals surface area contributed by atoms with Crippen molar-refractivity contribution in [1.82, 2.24) is 19.9 Å². The van der Waals surface area contributed by atoms with Gasteiger partial charge in [-0.25, -0.2) is 9.78 Å². The minimum absolute atomic E-state index is 0.208. The van der Waals surface area contributed by atoms with E-state index in [9.17, 15) is 9.59 Å². The number of aryl methyl sites for hydroxylation is 1. The Hall–Kier alpha value is -2.70. The Balaban J connectivity index is 2.23. The molecule has 0 spiro atoms. The minimum Gasteiger partial charge on any atom is -0.444 e. The number of hydrogen-bond acceptors (Lipinski definition) is 5. The maximum atomic E-state index is 11.8. The number of alkyl carbamates (subject to hydrolysis) is 1. The van der Waals surface area contributed by atoms with Crippen LogP contribution in [0.3, 0.4) is 0 Å². The van der Waals surface area contributed by atoms with Crippen LogP contribution in [0.1, 0.15) is 62.5 Å². The lowest BCUT2D eigenvalue weighted by atomic mass is 10.0. The van der Waals surface area contributed by atoms with Gasteiger partial charge in [-0.3, -0.25) is 9.78 Å². The molecule has 146 valence electrons. The predicted molar refractivity (Wildman–Crippen MR) is 104 cm³/mol. The molecule has 1 amide bonds. The van der Waals surface area contributed by atoms with Crippen LogP contribution in [0.15, 0.2) is 18.3 Å². The molecule has 1 N–H and O–H groups in total. The SMILES string of the molecule is Cc1nc(-c2cccnc2C(C)C)c(C=O)n1CCNC(=O)OC(C)(C)C. The number of hydrogen-bond donors (Lipinski definition) is 1. The third-order valence-corrected chi connectivity index (χ3v) is 3.95. The first-order valence-electron chi connectivity index (χ1n) is 9.08. The van der Waals surface area contributed by atoms with Crippen LogP contribution in [0, 0.1) is 6.92 Å². The Morgan fingerprint density at radius 2 is 2.07 bits per heavy atom. The van der Waals surface area contributed by atoms with Crippen molar-refractivity contribution >= 4 is 12.4 Å². The lowest BCUT2D eigenvalue weighted by Crippen LogP contribution is -2.34. The molecule has 0 aliphatic carbocycles. The summed E-state index contributed by atoms with van der Waals surface area (Å²) in [4.78, 5) is 32.7. The number of nitrogens with one attached hydrogen (secondary N) is 1. The Morgan fingerprint density at radius 3 is 2.67 bits per heavy atom. The first kappa shape index (κ1) is 20.6. The van der Waals surface area contributed by atoms with E-state index in [2.05, 4.69) is 29.1 Å². The average Bonchev–Trinajstić information content (AvgIpc) is 2.89. The van der Waals surface area contributed by atoms with Crippen LogP contribution >= 0.6 is 0 Å². The van der Waals surface area contributed by atoms with E-state index in [4.69, 9.17) is 4.74 Å². The molecule has 0 bridgehead atoms. The van der Waals surface area contributed by atoms with Gasteiger partial charge in [0.15, 0.2) is 6.29 Å². The minimum atomic E-state index is -0.552. The van der Waals surface area contributed by atoms with Crippen molar-refractivity contribution in [3.63, 3.8) is 0 Å². The highest BCUT2D eigenvalue weighted by Gasteiger charge is 2.20. The molecule has 0 aliphatic heterocycles. The van der Waals surface area contributed by atoms with Crippen LogP contribution in [-0.4, -0.2) is 39.1 Å². The monoisotopic (exact) mass is 372 g/mol. The van der Waals surface area contributed by atoms with Crippen molar-refractivity contribution in [3.8, 4) is 11.3 Å². The molecule has 0 aromatic carbocycles. The zero-order valence-electron chi connectivity index (χ0n) is 16.9. The maximum absolute atomic E-state index is 11.8. The molecule has 2 aromatic heterocycles. The van der Waals surface area contributed by atoms with Crippen molar-refractivity contribution in [2.24, 2.45) is 0 Å². The molecule has 0 radical (unpaired) electrons. The van der Waals surface area contributed by atoms with Crippen molar-refractivity contribution in [1.29, 1.82) is 0 Å². The molecule has 7 heteroatoms. The second-order valence-corrected chi connectivity index (χ2v) is 7.68. The number of pyridine rings is 1. The van der Waals surface area contributed by atoms with E-state index in [0.29, 0.717) is 30.3 Å². The van der Waals surface area contributed by atoms with Crippen molar-refractivity contribution in [3.05, 3.63) is 35.5 Å². The fourth-order valence-electron chi connectivity index (χ4n) is 2.84. The standard InChI is InChI=1S/C20H28N4O3/c1-13(2)17-15(8-7-9-21-17)18-16(12-25)24(14(3)23-18)11-10-22-19(26)27-20(4,5)6/h7-9,12-13H,10-11H2,1-6H3,(H,22,26). The summed E-state index contributed by atoms with van der Waals surface area (Å²) in [6, 6.07) is 3.77. The fraction of sp³-hybridized carbons (Fsp3) is 0.500. The lowest BCUT2D eigenvalue weighted by molar-refractivity contribution is 0.0526. The summed E-state index contributed by atoms with van der Waals surface area (Å²) in [7, 11) is 0. The van der Waals surface area contributed by atoms with Gasteiger partial charge in [-0.2, -0.15) is 0 Å². The van der Waals surface area contributed by atoms with Gasteiger partial charge in [-0.15, -0.1) is 0 Å². The summed E-state index contributed by atoms with van der Waals surface area (Å²) < 4.78 is 7.03. The van der Waals surface area contributed by atoms with Crippen molar-refractivity contribution in [2.75, 3.05) is 6.54 Å². The molecule has 2 aromatic rings. The zero-order valence-corrected chi connectivity index (χ0v) is 16.9. The van der Waals surface area contributed by atoms with Gasteiger partial charge in [-0.1, -0.05) is 13.8 Å². The number of aromatic nitrogens is 3. The topological polar surface area (TPSA) is 86.1 Å². The molecule has 0 unspecified atom stereocenters. The van der Waals surface area contributed by atoms with E-state index in [1.807, 2.05) is 39.8 Å². The lowest BCUT2D eigenvalue weighted by Gasteiger charge is -2.19. The van der Waals surface area contributed by atoms with Gasteiger partial charge in [0.25, 0.3) is 0 Å². The summed E-state index contributed by atoms with van der Waals surface area (Å²) >= 11 is 0. The molecule has 0 fully saturated rings.